The van der Waals surface area contributed by atoms with Crippen molar-refractivity contribution in [3.63, 3.8) is 0 Å². The van der Waals surface area contributed by atoms with Crippen LogP contribution >= 0.6 is 11.3 Å². The van der Waals surface area contributed by atoms with Gasteiger partial charge in [-0.25, -0.2) is 0 Å². The molecular weight excluding hydrogens is 350 g/mol. The number of carbonyl (C=O) groups is 2. The zero-order valence-electron chi connectivity index (χ0n) is 14.6. The monoisotopic (exact) mass is 369 g/mol. The van der Waals surface area contributed by atoms with Crippen LogP contribution in [-0.4, -0.2) is 24.5 Å². The first-order chi connectivity index (χ1) is 12.5. The molecule has 1 unspecified atom stereocenters. The number of amides is 2. The molecule has 7 heteroatoms. The highest BCUT2D eigenvalue weighted by Gasteiger charge is 2.23. The van der Waals surface area contributed by atoms with E-state index in [0.29, 0.717) is 34.8 Å². The molecule has 0 bridgehead atoms. The van der Waals surface area contributed by atoms with Crippen LogP contribution in [0, 0.1) is 25.2 Å². The molecule has 1 atom stereocenters. The van der Waals surface area contributed by atoms with E-state index in [2.05, 4.69) is 16.7 Å². The Balaban J connectivity index is 1.73. The molecule has 0 spiro atoms. The predicted molar refractivity (Wildman–Crippen MR) is 101 cm³/mol. The standard InChI is InChI=1S/C19H19N3O3S/c1-11-12(2)26-19(15(11)10-20)22-17(23)13-5-3-6-14(9-13)21-18(24)16-7-4-8-25-16/h3,5-6,9,16H,4,7-8H2,1-2H3,(H,21,24)(H,22,23). The van der Waals surface area contributed by atoms with Crippen molar-refractivity contribution in [3.05, 3.63) is 45.8 Å². The average molecular weight is 369 g/mol. The summed E-state index contributed by atoms with van der Waals surface area (Å²) in [5, 5.41) is 15.4. The Hall–Kier alpha value is -2.69. The van der Waals surface area contributed by atoms with E-state index in [0.717, 1.165) is 16.9 Å². The fourth-order valence-corrected chi connectivity index (χ4v) is 3.78. The summed E-state index contributed by atoms with van der Waals surface area (Å²) >= 11 is 1.38. The average Bonchev–Trinajstić information content (AvgIpc) is 3.24. The van der Waals surface area contributed by atoms with Gasteiger partial charge in [-0.05, 0) is 50.5 Å². The Morgan fingerprint density at radius 2 is 2.12 bits per heavy atom. The number of rotatable bonds is 4. The van der Waals surface area contributed by atoms with Crippen molar-refractivity contribution in [2.75, 3.05) is 17.2 Å². The molecule has 1 saturated heterocycles. The van der Waals surface area contributed by atoms with Gasteiger partial charge in [-0.2, -0.15) is 5.26 Å². The molecule has 2 aromatic rings. The number of aryl methyl sites for hydroxylation is 1. The molecule has 1 fully saturated rings. The van der Waals surface area contributed by atoms with Gasteiger partial charge in [0.2, 0.25) is 0 Å². The first kappa shape index (κ1) is 18.1. The van der Waals surface area contributed by atoms with Gasteiger partial charge in [-0.15, -0.1) is 11.3 Å². The van der Waals surface area contributed by atoms with Gasteiger partial charge in [-0.1, -0.05) is 6.07 Å². The fraction of sp³-hybridized carbons (Fsp3) is 0.316. The van der Waals surface area contributed by atoms with Gasteiger partial charge in [0.25, 0.3) is 11.8 Å². The van der Waals surface area contributed by atoms with E-state index < -0.39 is 6.10 Å². The molecule has 0 aliphatic carbocycles. The first-order valence-electron chi connectivity index (χ1n) is 8.33. The summed E-state index contributed by atoms with van der Waals surface area (Å²) < 4.78 is 5.36. The van der Waals surface area contributed by atoms with Crippen molar-refractivity contribution >= 4 is 33.8 Å². The van der Waals surface area contributed by atoms with Gasteiger partial charge in [0, 0.05) is 22.7 Å². The van der Waals surface area contributed by atoms with E-state index in [-0.39, 0.29) is 11.8 Å². The Morgan fingerprint density at radius 1 is 1.31 bits per heavy atom. The molecule has 0 saturated carbocycles. The second-order valence-corrected chi connectivity index (χ2v) is 7.35. The lowest BCUT2D eigenvalue weighted by Gasteiger charge is -2.11. The van der Waals surface area contributed by atoms with Crippen molar-refractivity contribution in [1.29, 1.82) is 5.26 Å². The highest BCUT2D eigenvalue weighted by molar-refractivity contribution is 7.16. The number of hydrogen-bond acceptors (Lipinski definition) is 5. The van der Waals surface area contributed by atoms with Gasteiger partial charge in [0.05, 0.1) is 5.56 Å². The minimum Gasteiger partial charge on any atom is -0.368 e. The van der Waals surface area contributed by atoms with E-state index in [1.807, 2.05) is 13.8 Å². The van der Waals surface area contributed by atoms with Gasteiger partial charge < -0.3 is 15.4 Å². The molecular formula is C19H19N3O3S. The van der Waals surface area contributed by atoms with Crippen LogP contribution in [0.4, 0.5) is 10.7 Å². The Bertz CT molecular complexity index is 892. The number of hydrogen-bond donors (Lipinski definition) is 2. The highest BCUT2D eigenvalue weighted by atomic mass is 32.1. The number of carbonyl (C=O) groups excluding carboxylic acids is 2. The third kappa shape index (κ3) is 3.77. The molecule has 0 radical (unpaired) electrons. The number of thiophene rings is 1. The lowest BCUT2D eigenvalue weighted by molar-refractivity contribution is -0.124. The Kier molecular flexibility index (Phi) is 5.35. The molecule has 1 aliphatic heterocycles. The predicted octanol–water partition coefficient (Wildman–Crippen LogP) is 3.61. The molecule has 2 N–H and O–H groups in total. The van der Waals surface area contributed by atoms with Crippen LogP contribution in [0.25, 0.3) is 0 Å². The molecule has 1 aromatic carbocycles. The lowest BCUT2D eigenvalue weighted by atomic mass is 10.1. The highest BCUT2D eigenvalue weighted by Crippen LogP contribution is 2.32. The summed E-state index contributed by atoms with van der Waals surface area (Å²) in [6.07, 6.45) is 1.16. The number of benzene rings is 1. The topological polar surface area (TPSA) is 91.2 Å². The van der Waals surface area contributed by atoms with Crippen molar-refractivity contribution in [1.82, 2.24) is 0 Å². The maximum Gasteiger partial charge on any atom is 0.256 e. The summed E-state index contributed by atoms with van der Waals surface area (Å²) in [4.78, 5) is 25.7. The third-order valence-electron chi connectivity index (χ3n) is 4.34. The molecule has 2 amide bonds. The van der Waals surface area contributed by atoms with E-state index >= 15 is 0 Å². The maximum absolute atomic E-state index is 12.5. The van der Waals surface area contributed by atoms with Crippen molar-refractivity contribution in [3.8, 4) is 6.07 Å². The molecule has 26 heavy (non-hydrogen) atoms. The number of nitrogens with zero attached hydrogens (tertiary/aromatic N) is 1. The van der Waals surface area contributed by atoms with Crippen LogP contribution in [0.15, 0.2) is 24.3 Å². The van der Waals surface area contributed by atoms with Crippen molar-refractivity contribution in [2.45, 2.75) is 32.8 Å². The first-order valence-corrected chi connectivity index (χ1v) is 9.15. The summed E-state index contributed by atoms with van der Waals surface area (Å²) in [7, 11) is 0. The van der Waals surface area contributed by atoms with Crippen LogP contribution in [0.1, 0.15) is 39.2 Å². The van der Waals surface area contributed by atoms with E-state index in [9.17, 15) is 14.9 Å². The number of nitriles is 1. The molecule has 1 aromatic heterocycles. The molecule has 2 heterocycles. The summed E-state index contributed by atoms with van der Waals surface area (Å²) in [5.74, 6) is -0.521. The van der Waals surface area contributed by atoms with Crippen LogP contribution < -0.4 is 10.6 Å². The molecule has 1 aliphatic rings. The normalized spacial score (nSPS) is 16.1. The molecule has 134 valence electrons. The smallest absolute Gasteiger partial charge is 0.256 e. The lowest BCUT2D eigenvalue weighted by Crippen LogP contribution is -2.27. The van der Waals surface area contributed by atoms with E-state index in [4.69, 9.17) is 4.74 Å². The second-order valence-electron chi connectivity index (χ2n) is 6.13. The van der Waals surface area contributed by atoms with E-state index in [1.54, 1.807) is 24.3 Å². The Morgan fingerprint density at radius 3 is 2.81 bits per heavy atom. The second kappa shape index (κ2) is 7.68. The van der Waals surface area contributed by atoms with Crippen LogP contribution in [0.5, 0.6) is 0 Å². The van der Waals surface area contributed by atoms with Crippen LogP contribution in [0.3, 0.4) is 0 Å². The maximum atomic E-state index is 12.5. The largest absolute Gasteiger partial charge is 0.368 e. The van der Waals surface area contributed by atoms with Crippen molar-refractivity contribution < 1.29 is 14.3 Å². The minimum atomic E-state index is -0.428. The summed E-state index contributed by atoms with van der Waals surface area (Å²) in [6, 6.07) is 8.84. The van der Waals surface area contributed by atoms with Crippen molar-refractivity contribution in [2.24, 2.45) is 0 Å². The fourth-order valence-electron chi connectivity index (χ4n) is 2.77. The van der Waals surface area contributed by atoms with Gasteiger partial charge in [0.1, 0.15) is 17.2 Å². The molecule has 3 rings (SSSR count). The quantitative estimate of drug-likeness (QED) is 0.861. The number of nitrogens with one attached hydrogen (secondary N) is 2. The van der Waals surface area contributed by atoms with Gasteiger partial charge >= 0.3 is 0 Å². The Labute approximate surface area is 155 Å². The van der Waals surface area contributed by atoms with Gasteiger partial charge in [-0.3, -0.25) is 9.59 Å². The third-order valence-corrected chi connectivity index (χ3v) is 5.46. The van der Waals surface area contributed by atoms with Crippen LogP contribution in [0.2, 0.25) is 0 Å². The number of ether oxygens (including phenoxy) is 1. The SMILES string of the molecule is Cc1sc(NC(=O)c2cccc(NC(=O)C3CCCO3)c2)c(C#N)c1C. The van der Waals surface area contributed by atoms with Crippen LogP contribution in [-0.2, 0) is 9.53 Å². The van der Waals surface area contributed by atoms with Gasteiger partial charge in [0.15, 0.2) is 0 Å². The summed E-state index contributed by atoms with van der Waals surface area (Å²) in [6.45, 7) is 4.38. The zero-order valence-corrected chi connectivity index (χ0v) is 15.4. The molecule has 6 nitrogen and oxygen atoms in total. The minimum absolute atomic E-state index is 0.198. The zero-order chi connectivity index (χ0) is 18.7. The number of anilines is 2. The van der Waals surface area contributed by atoms with E-state index in [1.165, 1.54) is 11.3 Å². The summed E-state index contributed by atoms with van der Waals surface area (Å²) in [5.41, 5.74) is 2.31.